The Kier molecular flexibility index (Phi) is 9.29. The first-order valence-corrected chi connectivity index (χ1v) is 7.94. The highest BCUT2D eigenvalue weighted by atomic mass is 16.5. The van der Waals surface area contributed by atoms with Gasteiger partial charge in [0, 0.05) is 19.6 Å². The average Bonchev–Trinajstić information content (AvgIpc) is 2.46. The summed E-state index contributed by atoms with van der Waals surface area (Å²) >= 11 is 0. The van der Waals surface area contributed by atoms with Gasteiger partial charge in [-0.05, 0) is 25.7 Å². The van der Waals surface area contributed by atoms with Crippen molar-refractivity contribution in [3.8, 4) is 0 Å². The quantitative estimate of drug-likeness (QED) is 0.548. The van der Waals surface area contributed by atoms with Crippen molar-refractivity contribution < 1.29 is 19.1 Å². The zero-order chi connectivity index (χ0) is 14.6. The highest BCUT2D eigenvalue weighted by molar-refractivity contribution is 5.98. The molecule has 0 saturated carbocycles. The first-order valence-electron chi connectivity index (χ1n) is 7.94. The fourth-order valence-corrected chi connectivity index (χ4v) is 2.61. The minimum absolute atomic E-state index is 0.0340. The van der Waals surface area contributed by atoms with Crippen LogP contribution in [0.25, 0.3) is 0 Å². The highest BCUT2D eigenvalue weighted by Crippen LogP contribution is 2.16. The van der Waals surface area contributed by atoms with Gasteiger partial charge in [-0.1, -0.05) is 32.1 Å². The molecule has 1 rings (SSSR count). The summed E-state index contributed by atoms with van der Waals surface area (Å²) in [5.41, 5.74) is 0. The molecule has 1 saturated heterocycles. The summed E-state index contributed by atoms with van der Waals surface area (Å²) in [5.74, 6) is -0.945. The molecule has 0 amide bonds. The Balaban J connectivity index is 2.46. The number of hydrogen-bond acceptors (Lipinski definition) is 4. The van der Waals surface area contributed by atoms with Crippen molar-refractivity contribution in [2.24, 2.45) is 5.92 Å². The van der Waals surface area contributed by atoms with Gasteiger partial charge in [-0.25, -0.2) is 0 Å². The molecule has 0 spiro atoms. The summed E-state index contributed by atoms with van der Waals surface area (Å²) in [5, 5.41) is 0. The molecule has 1 aliphatic rings. The predicted molar refractivity (Wildman–Crippen MR) is 77.5 cm³/mol. The van der Waals surface area contributed by atoms with E-state index in [4.69, 9.17) is 9.47 Å². The second kappa shape index (κ2) is 10.8. The molecule has 1 aliphatic heterocycles. The number of rotatable bonds is 1. The van der Waals surface area contributed by atoms with Gasteiger partial charge in [0.25, 0.3) is 0 Å². The molecule has 0 aromatic rings. The molecule has 1 heterocycles. The number of esters is 1. The lowest BCUT2D eigenvalue weighted by molar-refractivity contribution is -0.149. The van der Waals surface area contributed by atoms with E-state index in [-0.39, 0.29) is 11.8 Å². The summed E-state index contributed by atoms with van der Waals surface area (Å²) in [6.07, 6.45) is 9.76. The Morgan fingerprint density at radius 1 is 1.00 bits per heavy atom. The van der Waals surface area contributed by atoms with E-state index < -0.39 is 5.92 Å². The van der Waals surface area contributed by atoms with Crippen LogP contribution in [0.5, 0.6) is 0 Å². The van der Waals surface area contributed by atoms with E-state index in [0.29, 0.717) is 19.4 Å². The van der Waals surface area contributed by atoms with Crippen molar-refractivity contribution in [1.82, 2.24) is 0 Å². The van der Waals surface area contributed by atoms with Gasteiger partial charge >= 0.3 is 5.97 Å². The third-order valence-electron chi connectivity index (χ3n) is 3.87. The second-order valence-corrected chi connectivity index (χ2v) is 5.52. The van der Waals surface area contributed by atoms with Crippen molar-refractivity contribution in [2.75, 3.05) is 20.3 Å². The molecule has 1 fully saturated rings. The van der Waals surface area contributed by atoms with Gasteiger partial charge in [-0.15, -0.1) is 0 Å². The van der Waals surface area contributed by atoms with Gasteiger partial charge in [0.15, 0.2) is 0 Å². The van der Waals surface area contributed by atoms with Gasteiger partial charge in [0.1, 0.15) is 11.7 Å². The molecule has 0 aromatic heterocycles. The van der Waals surface area contributed by atoms with Crippen LogP contribution in [0, 0.1) is 5.92 Å². The Morgan fingerprint density at radius 3 is 2.30 bits per heavy atom. The molecule has 0 radical (unpaired) electrons. The molecule has 0 N–H and O–H groups in total. The number of Topliss-reactive ketones (excluding diaryl/α,β-unsaturated/α-hetero) is 1. The summed E-state index contributed by atoms with van der Waals surface area (Å²) in [7, 11) is 1.35. The van der Waals surface area contributed by atoms with Crippen LogP contribution in [-0.2, 0) is 19.1 Å². The van der Waals surface area contributed by atoms with E-state index in [2.05, 4.69) is 0 Å². The molecule has 4 heteroatoms. The van der Waals surface area contributed by atoms with Crippen LogP contribution in [0.3, 0.4) is 0 Å². The van der Waals surface area contributed by atoms with Crippen molar-refractivity contribution in [2.45, 2.75) is 64.2 Å². The van der Waals surface area contributed by atoms with Gasteiger partial charge < -0.3 is 9.47 Å². The van der Waals surface area contributed by atoms with Crippen LogP contribution >= 0.6 is 0 Å². The molecule has 20 heavy (non-hydrogen) atoms. The van der Waals surface area contributed by atoms with E-state index in [9.17, 15) is 9.59 Å². The van der Waals surface area contributed by atoms with E-state index in [1.807, 2.05) is 0 Å². The van der Waals surface area contributed by atoms with Gasteiger partial charge in [0.2, 0.25) is 0 Å². The summed E-state index contributed by atoms with van der Waals surface area (Å²) in [6, 6.07) is 0. The lowest BCUT2D eigenvalue weighted by Crippen LogP contribution is -2.25. The minimum atomic E-state index is -0.589. The van der Waals surface area contributed by atoms with Crippen molar-refractivity contribution >= 4 is 11.8 Å². The molecular weight excluding hydrogens is 256 g/mol. The van der Waals surface area contributed by atoms with Crippen LogP contribution in [0.2, 0.25) is 0 Å². The number of ether oxygens (including phenoxy) is 2. The van der Waals surface area contributed by atoms with Crippen LogP contribution in [0.4, 0.5) is 0 Å². The summed E-state index contributed by atoms with van der Waals surface area (Å²) < 4.78 is 10.3. The number of carbonyl (C=O) groups excluding carboxylic acids is 2. The molecule has 4 nitrogen and oxygen atoms in total. The zero-order valence-electron chi connectivity index (χ0n) is 12.7. The largest absolute Gasteiger partial charge is 0.468 e. The predicted octanol–water partition coefficient (Wildman–Crippen LogP) is 3.28. The van der Waals surface area contributed by atoms with Crippen LogP contribution in [-0.4, -0.2) is 32.1 Å². The average molecular weight is 284 g/mol. The van der Waals surface area contributed by atoms with Gasteiger partial charge in [0.05, 0.1) is 7.11 Å². The first kappa shape index (κ1) is 17.2. The maximum Gasteiger partial charge on any atom is 0.316 e. The number of ketones is 1. The number of carbonyl (C=O) groups is 2. The molecule has 0 bridgehead atoms. The number of hydrogen-bond donors (Lipinski definition) is 0. The van der Waals surface area contributed by atoms with Crippen molar-refractivity contribution in [3.05, 3.63) is 0 Å². The molecular formula is C16H28O4. The maximum absolute atomic E-state index is 12.1. The standard InChI is InChI=1S/C16H28O4/c1-19-16(18)14-10-9-13-20-12-8-6-4-2-3-5-7-11-15(14)17/h14H,2-13H2,1H3. The number of methoxy groups -OCH3 is 1. The molecule has 116 valence electrons. The Labute approximate surface area is 122 Å². The monoisotopic (exact) mass is 284 g/mol. The maximum atomic E-state index is 12.1. The van der Waals surface area contributed by atoms with Gasteiger partial charge in [-0.3, -0.25) is 9.59 Å². The van der Waals surface area contributed by atoms with Crippen molar-refractivity contribution in [3.63, 3.8) is 0 Å². The van der Waals surface area contributed by atoms with E-state index >= 15 is 0 Å². The molecule has 1 atom stereocenters. The second-order valence-electron chi connectivity index (χ2n) is 5.52. The topological polar surface area (TPSA) is 52.6 Å². The Morgan fingerprint density at radius 2 is 1.60 bits per heavy atom. The van der Waals surface area contributed by atoms with Gasteiger partial charge in [-0.2, -0.15) is 0 Å². The molecule has 1 unspecified atom stereocenters. The third kappa shape index (κ3) is 7.04. The van der Waals surface area contributed by atoms with E-state index in [0.717, 1.165) is 32.3 Å². The summed E-state index contributed by atoms with van der Waals surface area (Å²) in [6.45, 7) is 1.41. The highest BCUT2D eigenvalue weighted by Gasteiger charge is 2.26. The summed E-state index contributed by atoms with van der Waals surface area (Å²) in [4.78, 5) is 23.8. The lowest BCUT2D eigenvalue weighted by Gasteiger charge is -2.13. The molecule has 0 aromatic carbocycles. The third-order valence-corrected chi connectivity index (χ3v) is 3.87. The van der Waals surface area contributed by atoms with Crippen LogP contribution in [0.1, 0.15) is 64.2 Å². The minimum Gasteiger partial charge on any atom is -0.468 e. The normalized spacial score (nSPS) is 24.4. The smallest absolute Gasteiger partial charge is 0.316 e. The fraction of sp³-hybridized carbons (Fsp3) is 0.875. The van der Waals surface area contributed by atoms with Crippen LogP contribution < -0.4 is 0 Å². The SMILES string of the molecule is COC(=O)C1CCCOCCCCCCCCCC1=O. The van der Waals surface area contributed by atoms with E-state index in [1.54, 1.807) is 0 Å². The van der Waals surface area contributed by atoms with Crippen molar-refractivity contribution in [1.29, 1.82) is 0 Å². The van der Waals surface area contributed by atoms with E-state index in [1.165, 1.54) is 32.8 Å². The molecule has 0 aliphatic carbocycles. The fourth-order valence-electron chi connectivity index (χ4n) is 2.61. The zero-order valence-corrected chi connectivity index (χ0v) is 12.7. The Hall–Kier alpha value is -0.900. The van der Waals surface area contributed by atoms with Crippen LogP contribution in [0.15, 0.2) is 0 Å². The lowest BCUT2D eigenvalue weighted by atomic mass is 9.94. The Bertz CT molecular complexity index is 288. The first-order chi connectivity index (χ1) is 9.75.